The van der Waals surface area contributed by atoms with Crippen LogP contribution in [0, 0.1) is 27.7 Å². The third-order valence-corrected chi connectivity index (χ3v) is 6.27. The Hall–Kier alpha value is -4.39. The molecule has 0 amide bonds. The zero-order valence-corrected chi connectivity index (χ0v) is 20.0. The Morgan fingerprint density at radius 2 is 1.71 bits per heavy atom. The summed E-state index contributed by atoms with van der Waals surface area (Å²) in [7, 11) is 0. The number of carbonyl (C=O) groups is 1. The van der Waals surface area contributed by atoms with E-state index in [1.165, 1.54) is 29.0 Å². The topological polar surface area (TPSA) is 90.4 Å². The molecule has 0 aliphatic carbocycles. The van der Waals surface area contributed by atoms with Gasteiger partial charge in [0.25, 0.3) is 0 Å². The lowest BCUT2D eigenvalue weighted by Gasteiger charge is -2.11. The number of carboxylic acids is 1. The quantitative estimate of drug-likeness (QED) is 0.308. The van der Waals surface area contributed by atoms with Gasteiger partial charge in [0.15, 0.2) is 11.4 Å². The average molecular weight is 468 g/mol. The second-order valence-corrected chi connectivity index (χ2v) is 8.71. The Kier molecular flexibility index (Phi) is 5.61. The van der Waals surface area contributed by atoms with Crippen LogP contribution in [0.5, 0.6) is 11.5 Å². The SMILES string of the molecule is Cc1cc(Oc2ccc(Cn3nc(C)c4c(C(=O)O)cc(-c5ccco5)nc43)cc2)cc(C)c1C. The summed E-state index contributed by atoms with van der Waals surface area (Å²) in [5.41, 5.74) is 6.36. The van der Waals surface area contributed by atoms with Crippen molar-refractivity contribution in [2.24, 2.45) is 0 Å². The maximum Gasteiger partial charge on any atom is 0.336 e. The van der Waals surface area contributed by atoms with Crippen LogP contribution in [0.25, 0.3) is 22.5 Å². The molecule has 5 rings (SSSR count). The maximum atomic E-state index is 12.0. The van der Waals surface area contributed by atoms with Crippen LogP contribution in [0.2, 0.25) is 0 Å². The minimum atomic E-state index is -1.03. The number of hydrogen-bond donors (Lipinski definition) is 1. The summed E-state index contributed by atoms with van der Waals surface area (Å²) in [6.07, 6.45) is 1.53. The average Bonchev–Trinajstić information content (AvgIpc) is 3.47. The van der Waals surface area contributed by atoms with Crippen molar-refractivity contribution in [3.05, 3.63) is 94.4 Å². The molecule has 0 aliphatic rings. The van der Waals surface area contributed by atoms with E-state index in [1.54, 1.807) is 23.7 Å². The predicted molar refractivity (Wildman–Crippen MR) is 133 cm³/mol. The molecule has 176 valence electrons. The van der Waals surface area contributed by atoms with Crippen LogP contribution in [-0.2, 0) is 6.54 Å². The largest absolute Gasteiger partial charge is 0.478 e. The van der Waals surface area contributed by atoms with Crippen molar-refractivity contribution < 1.29 is 19.1 Å². The highest BCUT2D eigenvalue weighted by Gasteiger charge is 2.20. The van der Waals surface area contributed by atoms with Gasteiger partial charge in [0.05, 0.1) is 29.5 Å². The zero-order valence-electron chi connectivity index (χ0n) is 20.0. The summed E-state index contributed by atoms with van der Waals surface area (Å²) >= 11 is 0. The van der Waals surface area contributed by atoms with Crippen molar-refractivity contribution in [3.8, 4) is 23.0 Å². The number of aryl methyl sites for hydroxylation is 3. The molecule has 7 heteroatoms. The van der Waals surface area contributed by atoms with E-state index in [9.17, 15) is 9.90 Å². The highest BCUT2D eigenvalue weighted by Crippen LogP contribution is 2.29. The number of nitrogens with zero attached hydrogens (tertiary/aromatic N) is 3. The molecule has 0 saturated heterocycles. The number of aromatic carboxylic acids is 1. The van der Waals surface area contributed by atoms with Gasteiger partial charge in [0.1, 0.15) is 17.2 Å². The minimum absolute atomic E-state index is 0.151. The summed E-state index contributed by atoms with van der Waals surface area (Å²) in [6, 6.07) is 16.9. The van der Waals surface area contributed by atoms with Crippen LogP contribution in [0.15, 0.2) is 65.3 Å². The minimum Gasteiger partial charge on any atom is -0.478 e. The van der Waals surface area contributed by atoms with E-state index in [1.807, 2.05) is 36.4 Å². The molecule has 0 aliphatic heterocycles. The van der Waals surface area contributed by atoms with Crippen molar-refractivity contribution in [2.75, 3.05) is 0 Å². The van der Waals surface area contributed by atoms with E-state index in [4.69, 9.17) is 14.1 Å². The van der Waals surface area contributed by atoms with Gasteiger partial charge < -0.3 is 14.3 Å². The Balaban J connectivity index is 1.46. The van der Waals surface area contributed by atoms with Crippen molar-refractivity contribution >= 4 is 17.0 Å². The molecule has 0 unspecified atom stereocenters. The standard InChI is InChI=1S/C28H25N3O4/c1-16-12-22(13-17(2)18(16)3)35-21-9-7-20(8-10-21)15-31-27-26(19(4)30-31)23(28(32)33)14-24(29-27)25-6-5-11-34-25/h5-14H,15H2,1-4H3,(H,32,33). The molecule has 0 radical (unpaired) electrons. The first-order valence-electron chi connectivity index (χ1n) is 11.3. The lowest BCUT2D eigenvalue weighted by Crippen LogP contribution is -2.05. The Morgan fingerprint density at radius 1 is 1.00 bits per heavy atom. The summed E-state index contributed by atoms with van der Waals surface area (Å²) in [5, 5.41) is 14.9. The van der Waals surface area contributed by atoms with Crippen LogP contribution < -0.4 is 4.74 Å². The normalized spacial score (nSPS) is 11.2. The van der Waals surface area contributed by atoms with Crippen LogP contribution in [0.1, 0.15) is 38.3 Å². The summed E-state index contributed by atoms with van der Waals surface area (Å²) in [4.78, 5) is 16.7. The molecule has 3 aromatic heterocycles. The molecule has 3 heterocycles. The molecule has 7 nitrogen and oxygen atoms in total. The van der Waals surface area contributed by atoms with Gasteiger partial charge in [-0.2, -0.15) is 5.10 Å². The van der Waals surface area contributed by atoms with Gasteiger partial charge >= 0.3 is 5.97 Å². The molecule has 5 aromatic rings. The first kappa shape index (κ1) is 22.4. The number of pyridine rings is 1. The molecule has 0 bridgehead atoms. The van der Waals surface area contributed by atoms with Gasteiger partial charge in [-0.05, 0) is 92.4 Å². The van der Waals surface area contributed by atoms with Crippen LogP contribution in [0.3, 0.4) is 0 Å². The second kappa shape index (κ2) is 8.76. The van der Waals surface area contributed by atoms with E-state index in [2.05, 4.69) is 25.9 Å². The van der Waals surface area contributed by atoms with Gasteiger partial charge in [-0.1, -0.05) is 12.1 Å². The van der Waals surface area contributed by atoms with Crippen LogP contribution in [-0.4, -0.2) is 25.8 Å². The van der Waals surface area contributed by atoms with E-state index >= 15 is 0 Å². The number of carboxylic acid groups (broad SMARTS) is 1. The zero-order chi connectivity index (χ0) is 24.7. The third kappa shape index (κ3) is 4.28. The highest BCUT2D eigenvalue weighted by molar-refractivity contribution is 6.04. The fraction of sp³-hybridized carbons (Fsp3) is 0.179. The number of ether oxygens (including phenoxy) is 1. The van der Waals surface area contributed by atoms with Gasteiger partial charge in [0, 0.05) is 0 Å². The molecular weight excluding hydrogens is 442 g/mol. The van der Waals surface area contributed by atoms with E-state index < -0.39 is 5.97 Å². The maximum absolute atomic E-state index is 12.0. The van der Waals surface area contributed by atoms with Crippen molar-refractivity contribution in [1.29, 1.82) is 0 Å². The van der Waals surface area contributed by atoms with Crippen molar-refractivity contribution in [3.63, 3.8) is 0 Å². The molecule has 35 heavy (non-hydrogen) atoms. The fourth-order valence-corrected chi connectivity index (χ4v) is 4.21. The number of fused-ring (bicyclic) bond motifs is 1. The Morgan fingerprint density at radius 3 is 2.34 bits per heavy atom. The van der Waals surface area contributed by atoms with E-state index in [-0.39, 0.29) is 5.56 Å². The predicted octanol–water partition coefficient (Wildman–Crippen LogP) is 6.46. The summed E-state index contributed by atoms with van der Waals surface area (Å²) in [6.45, 7) is 8.49. The number of benzene rings is 2. The number of hydrogen-bond acceptors (Lipinski definition) is 5. The lowest BCUT2D eigenvalue weighted by molar-refractivity contribution is 0.0699. The smallest absolute Gasteiger partial charge is 0.336 e. The summed E-state index contributed by atoms with van der Waals surface area (Å²) in [5.74, 6) is 1.02. The lowest BCUT2D eigenvalue weighted by atomic mass is 10.0. The molecule has 0 saturated carbocycles. The summed E-state index contributed by atoms with van der Waals surface area (Å²) < 4.78 is 13.2. The first-order chi connectivity index (χ1) is 16.8. The number of aromatic nitrogens is 3. The van der Waals surface area contributed by atoms with Gasteiger partial charge in [-0.15, -0.1) is 0 Å². The Bertz CT molecular complexity index is 1520. The van der Waals surface area contributed by atoms with E-state index in [0.29, 0.717) is 34.7 Å². The van der Waals surface area contributed by atoms with Crippen molar-refractivity contribution in [2.45, 2.75) is 34.2 Å². The van der Waals surface area contributed by atoms with E-state index in [0.717, 1.165) is 17.1 Å². The monoisotopic (exact) mass is 467 g/mol. The van der Waals surface area contributed by atoms with Gasteiger partial charge in [-0.3, -0.25) is 0 Å². The first-order valence-corrected chi connectivity index (χ1v) is 11.3. The number of furan rings is 1. The highest BCUT2D eigenvalue weighted by atomic mass is 16.5. The molecule has 2 aromatic carbocycles. The van der Waals surface area contributed by atoms with Crippen LogP contribution in [0.4, 0.5) is 0 Å². The molecule has 1 N–H and O–H groups in total. The van der Waals surface area contributed by atoms with Crippen molar-refractivity contribution in [1.82, 2.24) is 14.8 Å². The molecule has 0 atom stereocenters. The van der Waals surface area contributed by atoms with Gasteiger partial charge in [-0.25, -0.2) is 14.5 Å². The Labute approximate surface area is 202 Å². The number of rotatable bonds is 6. The molecule has 0 fully saturated rings. The molecular formula is C28H25N3O4. The van der Waals surface area contributed by atoms with Gasteiger partial charge in [0.2, 0.25) is 0 Å². The van der Waals surface area contributed by atoms with Crippen LogP contribution >= 0.6 is 0 Å². The second-order valence-electron chi connectivity index (χ2n) is 8.71. The third-order valence-electron chi connectivity index (χ3n) is 6.27. The molecule has 0 spiro atoms. The fourth-order valence-electron chi connectivity index (χ4n) is 4.21.